The molecule has 0 nitrogen and oxygen atoms in total. The molecule has 0 heterocycles. The van der Waals surface area contributed by atoms with Gasteiger partial charge in [0.1, 0.15) is 0 Å². The van der Waals surface area contributed by atoms with Gasteiger partial charge >= 0.3 is 26.2 Å². The molecule has 0 aromatic heterocycles. The van der Waals surface area contributed by atoms with Gasteiger partial charge in [-0.1, -0.05) is 186 Å². The van der Waals surface area contributed by atoms with Crippen molar-refractivity contribution in [3.8, 4) is 11.1 Å². The minimum atomic E-state index is -0.108. The topological polar surface area (TPSA) is 0 Å². The maximum absolute atomic E-state index is 4.14. The molecule has 2 aliphatic rings. The summed E-state index contributed by atoms with van der Waals surface area (Å²) in [5, 5.41) is 2.53. The average Bonchev–Trinajstić information content (AvgIpc) is 3.49. The molecule has 0 atom stereocenters. The Labute approximate surface area is 315 Å². The third kappa shape index (κ3) is 7.44. The van der Waals surface area contributed by atoms with Crippen molar-refractivity contribution in [2.45, 2.75) is 86.5 Å². The van der Waals surface area contributed by atoms with Gasteiger partial charge in [-0.3, -0.25) is 0 Å². The van der Waals surface area contributed by atoms with Crippen molar-refractivity contribution < 1.29 is 51.0 Å². The van der Waals surface area contributed by atoms with Crippen molar-refractivity contribution in [1.82, 2.24) is 0 Å². The summed E-state index contributed by atoms with van der Waals surface area (Å²) in [6.45, 7) is 23.3. The van der Waals surface area contributed by atoms with E-state index in [0.29, 0.717) is 0 Å². The van der Waals surface area contributed by atoms with Crippen LogP contribution in [0, 0.1) is 11.5 Å². The summed E-state index contributed by atoms with van der Waals surface area (Å²) in [6, 6.07) is 35.6. The van der Waals surface area contributed by atoms with Crippen LogP contribution >= 0.6 is 0 Å². The van der Waals surface area contributed by atoms with Gasteiger partial charge in [0.2, 0.25) is 0 Å². The molecule has 2 aliphatic carbocycles. The van der Waals surface area contributed by atoms with E-state index in [2.05, 4.69) is 166 Å². The Morgan fingerprint density at radius 2 is 1.17 bits per heavy atom. The number of allylic oxidation sites excluding steroid dienone is 4. The number of fused-ring (bicyclic) bond motifs is 3. The van der Waals surface area contributed by atoms with Gasteiger partial charge in [0.15, 0.2) is 0 Å². The van der Waals surface area contributed by atoms with Crippen LogP contribution in [0.5, 0.6) is 0 Å². The third-order valence-corrected chi connectivity index (χ3v) is 9.42. The van der Waals surface area contributed by atoms with E-state index in [1.165, 1.54) is 77.2 Å². The molecule has 0 aliphatic heterocycles. The fourth-order valence-corrected chi connectivity index (χ4v) is 6.83. The maximum Gasteiger partial charge on any atom is 3.00 e. The minimum absolute atomic E-state index is 0. The second-order valence-corrected chi connectivity index (χ2v) is 15.8. The first-order valence-electron chi connectivity index (χ1n) is 16.2. The summed E-state index contributed by atoms with van der Waals surface area (Å²) < 4.78 is 0. The van der Waals surface area contributed by atoms with Gasteiger partial charge in [-0.05, 0) is 51.9 Å². The molecule has 0 unspecified atom stereocenters. The Bertz CT molecular complexity index is 1920. The van der Waals surface area contributed by atoms with E-state index in [9.17, 15) is 0 Å². The van der Waals surface area contributed by atoms with Crippen molar-refractivity contribution in [3.05, 3.63) is 152 Å². The Hall–Kier alpha value is -2.44. The van der Waals surface area contributed by atoms with Crippen LogP contribution in [0.3, 0.4) is 0 Å². The van der Waals surface area contributed by atoms with Crippen LogP contribution in [-0.2, 0) is 37.0 Å². The fourth-order valence-electron chi connectivity index (χ4n) is 6.83. The second-order valence-electron chi connectivity index (χ2n) is 15.8. The van der Waals surface area contributed by atoms with Crippen LogP contribution in [0.25, 0.3) is 22.3 Å². The largest absolute Gasteiger partial charge is 3.00 e. The summed E-state index contributed by atoms with van der Waals surface area (Å²) in [6.07, 6.45) is 3.44. The Morgan fingerprint density at radius 1 is 0.617 bits per heavy atom. The summed E-state index contributed by atoms with van der Waals surface area (Å²) in [4.78, 5) is 0. The molecule has 4 aromatic carbocycles. The van der Waals surface area contributed by atoms with E-state index in [1.54, 1.807) is 0 Å². The van der Waals surface area contributed by atoms with Gasteiger partial charge in [-0.2, -0.15) is 0 Å². The smallest absolute Gasteiger partial charge is 1.00 e. The molecule has 0 spiro atoms. The van der Waals surface area contributed by atoms with E-state index in [4.69, 9.17) is 0 Å². The van der Waals surface area contributed by atoms with Crippen molar-refractivity contribution in [2.75, 3.05) is 0 Å². The Morgan fingerprint density at radius 3 is 1.64 bits per heavy atom. The van der Waals surface area contributed by atoms with Crippen molar-refractivity contribution in [2.24, 2.45) is 5.41 Å². The predicted octanol–water partition coefficient (Wildman–Crippen LogP) is 4.21. The van der Waals surface area contributed by atoms with E-state index in [0.717, 1.165) is 6.42 Å². The molecule has 0 N–H and O–H groups in total. The van der Waals surface area contributed by atoms with E-state index < -0.39 is 0 Å². The first-order chi connectivity index (χ1) is 20.6. The van der Waals surface area contributed by atoms with Crippen LogP contribution < -0.4 is 35.3 Å². The first-order valence-corrected chi connectivity index (χ1v) is 16.2. The minimum Gasteiger partial charge on any atom is -1.00 e. The van der Waals surface area contributed by atoms with Gasteiger partial charge in [-0.15, -0.1) is 28.5 Å². The van der Waals surface area contributed by atoms with Crippen LogP contribution in [0.15, 0.2) is 108 Å². The molecule has 6 rings (SSSR count). The molecule has 3 heteroatoms. The Balaban J connectivity index is 0.00000200. The van der Waals surface area contributed by atoms with E-state index in [-0.39, 0.29) is 67.3 Å². The predicted molar refractivity (Wildman–Crippen MR) is 189 cm³/mol. The number of hydrogen-bond donors (Lipinski definition) is 0. The molecule has 241 valence electrons. The second kappa shape index (κ2) is 14.2. The molecule has 0 bridgehead atoms. The molecular weight excluding hydrogens is 691 g/mol. The van der Waals surface area contributed by atoms with Gasteiger partial charge in [0, 0.05) is 0 Å². The van der Waals surface area contributed by atoms with Crippen molar-refractivity contribution in [3.63, 3.8) is 0 Å². The van der Waals surface area contributed by atoms with Gasteiger partial charge in [0.05, 0.1) is 0 Å². The summed E-state index contributed by atoms with van der Waals surface area (Å²) in [5.41, 5.74) is 16.2. The van der Waals surface area contributed by atoms with Crippen molar-refractivity contribution in [1.29, 1.82) is 0 Å². The molecule has 0 saturated carbocycles. The van der Waals surface area contributed by atoms with Crippen molar-refractivity contribution >= 4 is 11.1 Å². The number of rotatable bonds is 3. The van der Waals surface area contributed by atoms with Gasteiger partial charge in [-0.25, -0.2) is 0 Å². The molecule has 47 heavy (non-hydrogen) atoms. The van der Waals surface area contributed by atoms with Crippen LogP contribution in [-0.4, -0.2) is 0 Å². The fraction of sp³-hybridized carbons (Fsp3) is 0.318. The van der Waals surface area contributed by atoms with E-state index in [1.807, 2.05) is 0 Å². The van der Waals surface area contributed by atoms with Crippen LogP contribution in [0.4, 0.5) is 0 Å². The quantitative estimate of drug-likeness (QED) is 0.277. The molecule has 1 radical (unpaired) electrons. The Kier molecular flexibility index (Phi) is 11.8. The zero-order valence-electron chi connectivity index (χ0n) is 29.6. The zero-order chi connectivity index (χ0) is 31.6. The molecule has 0 fully saturated rings. The number of halogens is 2. The SMILES string of the molecule is CC1=C(C2=c3[c-]c(C(C)(C)C)c(=C(c4ccccc4)c4ccccc4)cc3-c3ccc(C(C)(C)C)cc32)CC(C(C)(C)C)=C1.[Cl-].[Cl-].[Zr+3]. The normalized spacial score (nSPS) is 14.0. The van der Waals surface area contributed by atoms with E-state index >= 15 is 0 Å². The molecular formula is C44H47Cl2Zr. The molecule has 0 saturated heterocycles. The average molecular weight is 738 g/mol. The van der Waals surface area contributed by atoms with Crippen LogP contribution in [0.1, 0.15) is 103 Å². The summed E-state index contributed by atoms with van der Waals surface area (Å²) >= 11 is 0. The molecule has 4 aromatic rings. The zero-order valence-corrected chi connectivity index (χ0v) is 33.6. The summed E-state index contributed by atoms with van der Waals surface area (Å²) in [5.74, 6) is 0. The first kappa shape index (κ1) is 39.0. The van der Waals surface area contributed by atoms with Gasteiger partial charge in [0.25, 0.3) is 0 Å². The maximum atomic E-state index is 4.14. The standard InChI is InChI=1S/C44H47.2ClH.Zr/c1-28-23-32(43(5,6)7)25-34(28)41-36-24-31(42(2,3)4)21-22-33(36)35-26-38(39(27-37(35)41)44(8,9)10)40(29-17-13-11-14-18-29)30-19-15-12-16-20-30;;;/h11-24,26H,25H2,1-10H3;2*1H;/q-1;;;+3/p-2. The summed E-state index contributed by atoms with van der Waals surface area (Å²) in [7, 11) is 0. The third-order valence-electron chi connectivity index (χ3n) is 9.42. The molecule has 0 amide bonds. The number of benzene rings is 4. The number of hydrogen-bond acceptors (Lipinski definition) is 0. The monoisotopic (exact) mass is 735 g/mol. The van der Waals surface area contributed by atoms with Gasteiger partial charge < -0.3 is 24.8 Å². The van der Waals surface area contributed by atoms with Crippen LogP contribution in [0.2, 0.25) is 0 Å².